The minimum atomic E-state index is 0.122. The maximum absolute atomic E-state index is 11.9. The van der Waals surface area contributed by atoms with Gasteiger partial charge in [-0.25, -0.2) is 0 Å². The lowest BCUT2D eigenvalue weighted by Gasteiger charge is -2.25. The lowest BCUT2D eigenvalue weighted by atomic mass is 10.2. The molecule has 1 amide bonds. The fourth-order valence-corrected chi connectivity index (χ4v) is 1.83. The summed E-state index contributed by atoms with van der Waals surface area (Å²) in [5, 5.41) is 0. The average Bonchev–Trinajstić information content (AvgIpc) is 2.29. The molecule has 0 unspecified atom stereocenters. The first kappa shape index (κ1) is 14.4. The van der Waals surface area contributed by atoms with E-state index in [0.717, 1.165) is 6.54 Å². The molecule has 0 saturated carbocycles. The van der Waals surface area contributed by atoms with Crippen LogP contribution in [0.15, 0.2) is 24.3 Å². The van der Waals surface area contributed by atoms with Crippen LogP contribution in [0.4, 0.5) is 5.69 Å². The zero-order chi connectivity index (χ0) is 13.5. The van der Waals surface area contributed by atoms with E-state index < -0.39 is 0 Å². The molecule has 1 aromatic rings. The standard InChI is InChI=1S/C14H22N2O2/c1-4-16(11(2)3)14(17)8-9-18-13-7-5-6-12(15)10-13/h5-7,10-11H,4,8-9,15H2,1-3H3. The van der Waals surface area contributed by atoms with Crippen LogP contribution < -0.4 is 10.5 Å². The number of nitrogen functional groups attached to an aromatic ring is 1. The number of anilines is 1. The lowest BCUT2D eigenvalue weighted by Crippen LogP contribution is -2.37. The van der Waals surface area contributed by atoms with Crippen LogP contribution in [0.25, 0.3) is 0 Å². The molecular formula is C14H22N2O2. The highest BCUT2D eigenvalue weighted by Crippen LogP contribution is 2.14. The predicted octanol–water partition coefficient (Wildman–Crippen LogP) is 2.29. The second kappa shape index (κ2) is 6.89. The van der Waals surface area contributed by atoms with Crippen molar-refractivity contribution in [3.63, 3.8) is 0 Å². The van der Waals surface area contributed by atoms with E-state index in [4.69, 9.17) is 10.5 Å². The van der Waals surface area contributed by atoms with Crippen molar-refractivity contribution in [2.24, 2.45) is 0 Å². The van der Waals surface area contributed by atoms with Gasteiger partial charge in [-0.1, -0.05) is 6.07 Å². The van der Waals surface area contributed by atoms with Crippen molar-refractivity contribution in [3.8, 4) is 5.75 Å². The lowest BCUT2D eigenvalue weighted by molar-refractivity contribution is -0.133. The van der Waals surface area contributed by atoms with Gasteiger partial charge < -0.3 is 15.4 Å². The summed E-state index contributed by atoms with van der Waals surface area (Å²) >= 11 is 0. The molecule has 0 saturated heterocycles. The highest BCUT2D eigenvalue weighted by Gasteiger charge is 2.14. The predicted molar refractivity (Wildman–Crippen MR) is 73.5 cm³/mol. The normalized spacial score (nSPS) is 10.4. The Balaban J connectivity index is 2.40. The van der Waals surface area contributed by atoms with E-state index in [2.05, 4.69) is 0 Å². The summed E-state index contributed by atoms with van der Waals surface area (Å²) in [5.74, 6) is 0.826. The number of carbonyl (C=O) groups is 1. The molecule has 0 aliphatic carbocycles. The molecule has 0 radical (unpaired) electrons. The molecule has 4 heteroatoms. The maximum atomic E-state index is 11.9. The van der Waals surface area contributed by atoms with Gasteiger partial charge in [-0.3, -0.25) is 4.79 Å². The number of nitrogens with zero attached hydrogens (tertiary/aromatic N) is 1. The number of nitrogens with two attached hydrogens (primary N) is 1. The fourth-order valence-electron chi connectivity index (χ4n) is 1.83. The van der Waals surface area contributed by atoms with Crippen molar-refractivity contribution in [1.82, 2.24) is 4.90 Å². The van der Waals surface area contributed by atoms with E-state index in [1.165, 1.54) is 0 Å². The fraction of sp³-hybridized carbons (Fsp3) is 0.500. The summed E-state index contributed by atoms with van der Waals surface area (Å²) in [5.41, 5.74) is 6.31. The van der Waals surface area contributed by atoms with Crippen LogP contribution in [-0.2, 0) is 4.79 Å². The molecule has 1 aromatic carbocycles. The number of rotatable bonds is 6. The van der Waals surface area contributed by atoms with Crippen molar-refractivity contribution >= 4 is 11.6 Å². The Kier molecular flexibility index (Phi) is 5.49. The first-order valence-electron chi connectivity index (χ1n) is 6.32. The van der Waals surface area contributed by atoms with Crippen LogP contribution >= 0.6 is 0 Å². The molecule has 0 spiro atoms. The molecule has 0 aromatic heterocycles. The van der Waals surface area contributed by atoms with E-state index >= 15 is 0 Å². The quantitative estimate of drug-likeness (QED) is 0.788. The number of hydrogen-bond acceptors (Lipinski definition) is 3. The molecule has 0 aliphatic rings. The largest absolute Gasteiger partial charge is 0.493 e. The Labute approximate surface area is 109 Å². The Morgan fingerprint density at radius 3 is 2.72 bits per heavy atom. The first-order valence-corrected chi connectivity index (χ1v) is 6.32. The van der Waals surface area contributed by atoms with Gasteiger partial charge in [0.1, 0.15) is 5.75 Å². The van der Waals surface area contributed by atoms with Gasteiger partial charge >= 0.3 is 0 Å². The zero-order valence-electron chi connectivity index (χ0n) is 11.3. The van der Waals surface area contributed by atoms with Crippen LogP contribution in [0.1, 0.15) is 27.2 Å². The molecule has 0 fully saturated rings. The van der Waals surface area contributed by atoms with E-state index in [1.807, 2.05) is 37.8 Å². The third-order valence-corrected chi connectivity index (χ3v) is 2.73. The highest BCUT2D eigenvalue weighted by molar-refractivity contribution is 5.76. The molecule has 100 valence electrons. The number of ether oxygens (including phenoxy) is 1. The average molecular weight is 250 g/mol. The Morgan fingerprint density at radius 2 is 2.17 bits per heavy atom. The summed E-state index contributed by atoms with van der Waals surface area (Å²) in [6.45, 7) is 7.12. The topological polar surface area (TPSA) is 55.6 Å². The third kappa shape index (κ3) is 4.28. The monoisotopic (exact) mass is 250 g/mol. The van der Waals surface area contributed by atoms with Crippen molar-refractivity contribution in [2.75, 3.05) is 18.9 Å². The number of amides is 1. The molecule has 2 N–H and O–H groups in total. The summed E-state index contributed by atoms with van der Waals surface area (Å²) in [4.78, 5) is 13.7. The zero-order valence-corrected chi connectivity index (χ0v) is 11.3. The van der Waals surface area contributed by atoms with Crippen molar-refractivity contribution < 1.29 is 9.53 Å². The van der Waals surface area contributed by atoms with Gasteiger partial charge in [0.25, 0.3) is 0 Å². The van der Waals surface area contributed by atoms with Crippen molar-refractivity contribution in [1.29, 1.82) is 0 Å². The Bertz CT molecular complexity index is 391. The molecule has 0 atom stereocenters. The SMILES string of the molecule is CCN(C(=O)CCOc1cccc(N)c1)C(C)C. The minimum absolute atomic E-state index is 0.122. The van der Waals surface area contributed by atoms with Crippen LogP contribution in [0.2, 0.25) is 0 Å². The summed E-state index contributed by atoms with van der Waals surface area (Å²) in [6, 6.07) is 7.45. The van der Waals surface area contributed by atoms with Gasteiger partial charge in [0, 0.05) is 24.3 Å². The molecule has 1 rings (SSSR count). The van der Waals surface area contributed by atoms with Gasteiger partial charge in [0.15, 0.2) is 0 Å². The minimum Gasteiger partial charge on any atom is -0.493 e. The van der Waals surface area contributed by atoms with E-state index in [-0.39, 0.29) is 11.9 Å². The van der Waals surface area contributed by atoms with Gasteiger partial charge in [0.2, 0.25) is 5.91 Å². The smallest absolute Gasteiger partial charge is 0.226 e. The van der Waals surface area contributed by atoms with Crippen LogP contribution in [0.3, 0.4) is 0 Å². The van der Waals surface area contributed by atoms with E-state index in [0.29, 0.717) is 24.5 Å². The number of hydrogen-bond donors (Lipinski definition) is 1. The third-order valence-electron chi connectivity index (χ3n) is 2.73. The molecule has 0 aliphatic heterocycles. The van der Waals surface area contributed by atoms with Crippen LogP contribution in [-0.4, -0.2) is 30.0 Å². The second-order valence-electron chi connectivity index (χ2n) is 4.44. The summed E-state index contributed by atoms with van der Waals surface area (Å²) < 4.78 is 5.50. The molecule has 18 heavy (non-hydrogen) atoms. The number of benzene rings is 1. The molecule has 0 bridgehead atoms. The summed E-state index contributed by atoms with van der Waals surface area (Å²) in [6.07, 6.45) is 0.390. The first-order chi connectivity index (χ1) is 8.54. The van der Waals surface area contributed by atoms with Gasteiger partial charge in [-0.15, -0.1) is 0 Å². The van der Waals surface area contributed by atoms with Crippen LogP contribution in [0, 0.1) is 0 Å². The highest BCUT2D eigenvalue weighted by atomic mass is 16.5. The summed E-state index contributed by atoms with van der Waals surface area (Å²) in [7, 11) is 0. The molecular weight excluding hydrogens is 228 g/mol. The van der Waals surface area contributed by atoms with E-state index in [9.17, 15) is 4.79 Å². The molecule has 4 nitrogen and oxygen atoms in total. The Morgan fingerprint density at radius 1 is 1.44 bits per heavy atom. The van der Waals surface area contributed by atoms with Gasteiger partial charge in [0.05, 0.1) is 13.0 Å². The van der Waals surface area contributed by atoms with E-state index in [1.54, 1.807) is 12.1 Å². The van der Waals surface area contributed by atoms with Gasteiger partial charge in [-0.2, -0.15) is 0 Å². The van der Waals surface area contributed by atoms with Gasteiger partial charge in [-0.05, 0) is 32.9 Å². The van der Waals surface area contributed by atoms with Crippen LogP contribution in [0.5, 0.6) is 5.75 Å². The molecule has 0 heterocycles. The second-order valence-corrected chi connectivity index (χ2v) is 4.44. The van der Waals surface area contributed by atoms with Crippen molar-refractivity contribution in [3.05, 3.63) is 24.3 Å². The number of carbonyl (C=O) groups excluding carboxylic acids is 1. The maximum Gasteiger partial charge on any atom is 0.226 e. The Hall–Kier alpha value is -1.71. The van der Waals surface area contributed by atoms with Crippen molar-refractivity contribution in [2.45, 2.75) is 33.2 Å².